The van der Waals surface area contributed by atoms with Crippen LogP contribution in [-0.4, -0.2) is 31.6 Å². The minimum Gasteiger partial charge on any atom is -0.488 e. The first-order valence-corrected chi connectivity index (χ1v) is 8.77. The standard InChI is InChI=1S/C18H26FN3O2S/c1-13(24-15-8-6-5-7-14(15)19)9-10-18(23,17(2,3)4)11-22-16(25)20-12-21-22/h5-8,12-13,23H,9-11H2,1-4H3,(H,20,21,25). The lowest BCUT2D eigenvalue weighted by Crippen LogP contribution is -2.47. The van der Waals surface area contributed by atoms with Gasteiger partial charge in [0.2, 0.25) is 4.77 Å². The van der Waals surface area contributed by atoms with Crippen molar-refractivity contribution in [2.24, 2.45) is 5.41 Å². The van der Waals surface area contributed by atoms with Crippen LogP contribution in [0.2, 0.25) is 0 Å². The van der Waals surface area contributed by atoms with Crippen LogP contribution in [0.15, 0.2) is 30.6 Å². The predicted octanol–water partition coefficient (Wildman–Crippen LogP) is 4.10. The average molecular weight is 367 g/mol. The number of benzene rings is 1. The molecule has 2 atom stereocenters. The molecule has 7 heteroatoms. The van der Waals surface area contributed by atoms with Crippen molar-refractivity contribution in [3.8, 4) is 5.75 Å². The number of H-pyrrole nitrogens is 1. The fourth-order valence-corrected chi connectivity index (χ4v) is 2.77. The van der Waals surface area contributed by atoms with Crippen molar-refractivity contribution >= 4 is 12.2 Å². The molecule has 0 aliphatic rings. The third kappa shape index (κ3) is 4.89. The third-order valence-electron chi connectivity index (χ3n) is 4.56. The fourth-order valence-electron chi connectivity index (χ4n) is 2.60. The van der Waals surface area contributed by atoms with Crippen LogP contribution in [-0.2, 0) is 6.54 Å². The van der Waals surface area contributed by atoms with Crippen LogP contribution < -0.4 is 4.74 Å². The van der Waals surface area contributed by atoms with Gasteiger partial charge in [-0.2, -0.15) is 0 Å². The Morgan fingerprint density at radius 1 is 1.36 bits per heavy atom. The first-order valence-electron chi connectivity index (χ1n) is 8.36. The number of para-hydroxylation sites is 1. The molecule has 0 amide bonds. The van der Waals surface area contributed by atoms with Crippen LogP contribution in [0, 0.1) is 16.0 Å². The first kappa shape index (κ1) is 19.6. The van der Waals surface area contributed by atoms with Crippen molar-refractivity contribution in [1.82, 2.24) is 14.8 Å². The van der Waals surface area contributed by atoms with Crippen molar-refractivity contribution in [3.63, 3.8) is 0 Å². The summed E-state index contributed by atoms with van der Waals surface area (Å²) in [4.78, 5) is 3.99. The molecule has 0 spiro atoms. The average Bonchev–Trinajstić information content (AvgIpc) is 2.91. The number of nitrogens with one attached hydrogen (secondary N) is 1. The van der Waals surface area contributed by atoms with Crippen LogP contribution in [0.25, 0.3) is 0 Å². The zero-order valence-electron chi connectivity index (χ0n) is 15.1. The van der Waals surface area contributed by atoms with Crippen molar-refractivity contribution in [2.45, 2.75) is 58.8 Å². The molecule has 0 radical (unpaired) electrons. The summed E-state index contributed by atoms with van der Waals surface area (Å²) in [7, 11) is 0. The fraction of sp³-hybridized carbons (Fsp3) is 0.556. The highest BCUT2D eigenvalue weighted by Crippen LogP contribution is 2.36. The van der Waals surface area contributed by atoms with Gasteiger partial charge in [0.05, 0.1) is 18.2 Å². The van der Waals surface area contributed by atoms with E-state index >= 15 is 0 Å². The zero-order valence-corrected chi connectivity index (χ0v) is 15.9. The molecule has 0 fully saturated rings. The Morgan fingerprint density at radius 2 is 2.04 bits per heavy atom. The third-order valence-corrected chi connectivity index (χ3v) is 4.89. The van der Waals surface area contributed by atoms with Crippen LogP contribution in [0.5, 0.6) is 5.75 Å². The number of ether oxygens (including phenoxy) is 1. The van der Waals surface area contributed by atoms with Crippen molar-refractivity contribution in [1.29, 1.82) is 0 Å². The molecule has 1 aromatic heterocycles. The molecule has 1 aromatic carbocycles. The molecule has 2 aromatic rings. The largest absolute Gasteiger partial charge is 0.488 e. The minimum absolute atomic E-state index is 0.227. The normalized spacial score (nSPS) is 15.6. The quantitative estimate of drug-likeness (QED) is 0.723. The number of aromatic nitrogens is 3. The number of hydrogen-bond acceptors (Lipinski definition) is 4. The molecule has 138 valence electrons. The molecule has 2 unspecified atom stereocenters. The predicted molar refractivity (Wildman–Crippen MR) is 97.5 cm³/mol. The molecule has 0 aliphatic carbocycles. The number of hydrogen-bond donors (Lipinski definition) is 2. The molecule has 0 saturated carbocycles. The number of halogens is 1. The lowest BCUT2D eigenvalue weighted by Gasteiger charge is -2.41. The smallest absolute Gasteiger partial charge is 0.215 e. The summed E-state index contributed by atoms with van der Waals surface area (Å²) in [5.41, 5.74) is -1.41. The van der Waals surface area contributed by atoms with Crippen molar-refractivity contribution < 1.29 is 14.2 Å². The van der Waals surface area contributed by atoms with Gasteiger partial charge in [-0.1, -0.05) is 32.9 Å². The van der Waals surface area contributed by atoms with Crippen LogP contribution in [0.4, 0.5) is 4.39 Å². The van der Waals surface area contributed by atoms with E-state index < -0.39 is 5.60 Å². The second-order valence-corrected chi connectivity index (χ2v) is 7.80. The van der Waals surface area contributed by atoms with Crippen LogP contribution in [0.1, 0.15) is 40.5 Å². The lowest BCUT2D eigenvalue weighted by molar-refractivity contribution is -0.0855. The summed E-state index contributed by atoms with van der Waals surface area (Å²) in [5, 5.41) is 14.2. The molecule has 5 nitrogen and oxygen atoms in total. The molecule has 0 bridgehead atoms. The Kier molecular flexibility index (Phi) is 6.00. The van der Waals surface area contributed by atoms with Gasteiger partial charge in [-0.25, -0.2) is 9.37 Å². The summed E-state index contributed by atoms with van der Waals surface area (Å²) in [6.07, 6.45) is 2.33. The Morgan fingerprint density at radius 3 is 2.60 bits per heavy atom. The van der Waals surface area contributed by atoms with Gasteiger partial charge in [-0.3, -0.25) is 9.78 Å². The summed E-state index contributed by atoms with van der Waals surface area (Å²) in [5.74, 6) is -0.158. The number of aliphatic hydroxyl groups is 1. The Bertz CT molecular complexity index is 753. The van der Waals surface area contributed by atoms with Gasteiger partial charge in [0.15, 0.2) is 11.6 Å². The SMILES string of the molecule is CC(CCC(O)(Cn1[nH]cnc1=S)C(C)(C)C)Oc1ccccc1F. The highest BCUT2D eigenvalue weighted by Gasteiger charge is 2.40. The summed E-state index contributed by atoms with van der Waals surface area (Å²) in [6, 6.07) is 6.33. The van der Waals surface area contributed by atoms with E-state index in [9.17, 15) is 9.50 Å². The van der Waals surface area contributed by atoms with Gasteiger partial charge >= 0.3 is 0 Å². The molecular weight excluding hydrogens is 341 g/mol. The molecule has 1 heterocycles. The molecule has 25 heavy (non-hydrogen) atoms. The van der Waals surface area contributed by atoms with E-state index in [-0.39, 0.29) is 23.1 Å². The second kappa shape index (κ2) is 7.66. The van der Waals surface area contributed by atoms with Crippen LogP contribution >= 0.6 is 12.2 Å². The number of nitrogens with zero attached hydrogens (tertiary/aromatic N) is 2. The maximum atomic E-state index is 13.7. The van der Waals surface area contributed by atoms with E-state index in [0.717, 1.165) is 0 Å². The van der Waals surface area contributed by atoms with Gasteiger partial charge in [0.25, 0.3) is 0 Å². The van der Waals surface area contributed by atoms with Crippen LogP contribution in [0.3, 0.4) is 0 Å². The molecule has 2 N–H and O–H groups in total. The maximum Gasteiger partial charge on any atom is 0.215 e. The van der Waals surface area contributed by atoms with Gasteiger partial charge in [0, 0.05) is 0 Å². The topological polar surface area (TPSA) is 63.1 Å². The van der Waals surface area contributed by atoms with E-state index in [1.165, 1.54) is 12.4 Å². The minimum atomic E-state index is -1.02. The summed E-state index contributed by atoms with van der Waals surface area (Å²) >= 11 is 5.16. The van der Waals surface area contributed by atoms with Gasteiger partial charge in [-0.15, -0.1) is 0 Å². The summed E-state index contributed by atoms with van der Waals surface area (Å²) < 4.78 is 21.4. The molecular formula is C18H26FN3O2S. The van der Waals surface area contributed by atoms with E-state index in [2.05, 4.69) is 10.1 Å². The Balaban J connectivity index is 2.06. The van der Waals surface area contributed by atoms with E-state index in [0.29, 0.717) is 24.2 Å². The van der Waals surface area contributed by atoms with E-state index in [1.807, 2.05) is 27.7 Å². The van der Waals surface area contributed by atoms with Gasteiger partial charge in [0.1, 0.15) is 6.33 Å². The Hall–Kier alpha value is -1.73. The van der Waals surface area contributed by atoms with Gasteiger partial charge in [-0.05, 0) is 49.5 Å². The van der Waals surface area contributed by atoms with Crippen molar-refractivity contribution in [2.75, 3.05) is 0 Å². The lowest BCUT2D eigenvalue weighted by atomic mass is 9.73. The van der Waals surface area contributed by atoms with E-state index in [1.54, 1.807) is 22.9 Å². The monoisotopic (exact) mass is 367 g/mol. The Labute approximate surface area is 152 Å². The molecule has 0 saturated heterocycles. The number of rotatable bonds is 7. The van der Waals surface area contributed by atoms with E-state index in [4.69, 9.17) is 17.0 Å². The van der Waals surface area contributed by atoms with Crippen molar-refractivity contribution in [3.05, 3.63) is 41.2 Å². The second-order valence-electron chi connectivity index (χ2n) is 7.44. The number of aromatic amines is 1. The van der Waals surface area contributed by atoms with Gasteiger partial charge < -0.3 is 9.84 Å². The maximum absolute atomic E-state index is 13.7. The zero-order chi connectivity index (χ0) is 18.7. The molecule has 0 aliphatic heterocycles. The first-order chi connectivity index (χ1) is 11.6. The highest BCUT2D eigenvalue weighted by molar-refractivity contribution is 7.71. The summed E-state index contributed by atoms with van der Waals surface area (Å²) in [6.45, 7) is 8.12. The highest BCUT2D eigenvalue weighted by atomic mass is 32.1. The molecule has 2 rings (SSSR count).